The molecular weight excluding hydrogens is 520 g/mol. The molecule has 6 aromatic rings. The summed E-state index contributed by atoms with van der Waals surface area (Å²) >= 11 is 1.56. The van der Waals surface area contributed by atoms with Crippen molar-refractivity contribution in [2.45, 2.75) is 5.92 Å². The molecule has 0 aliphatic carbocycles. The van der Waals surface area contributed by atoms with Crippen LogP contribution in [-0.4, -0.2) is 54.6 Å². The van der Waals surface area contributed by atoms with Gasteiger partial charge in [0, 0.05) is 41.0 Å². The molecule has 0 atom stereocenters. The molecule has 39 heavy (non-hydrogen) atoms. The Kier molecular flexibility index (Phi) is 5.24. The topological polar surface area (TPSA) is 91.7 Å². The van der Waals surface area contributed by atoms with Crippen LogP contribution in [0.1, 0.15) is 10.5 Å². The summed E-state index contributed by atoms with van der Waals surface area (Å²) in [5, 5.41) is 13.1. The normalized spacial score (nSPS) is 14.6. The van der Waals surface area contributed by atoms with Crippen molar-refractivity contribution >= 4 is 49.9 Å². The first kappa shape index (κ1) is 23.5. The van der Waals surface area contributed by atoms with E-state index in [1.807, 2.05) is 60.1 Å². The van der Waals surface area contributed by atoms with Gasteiger partial charge in [-0.3, -0.25) is 9.89 Å². The van der Waals surface area contributed by atoms with E-state index in [-0.39, 0.29) is 0 Å². The summed E-state index contributed by atoms with van der Waals surface area (Å²) in [6.07, 6.45) is 3.63. The van der Waals surface area contributed by atoms with Crippen LogP contribution in [0.25, 0.3) is 43.6 Å². The molecule has 1 fully saturated rings. The number of benzene rings is 2. The molecule has 1 aliphatic heterocycles. The van der Waals surface area contributed by atoms with Crippen LogP contribution in [0.5, 0.6) is 0 Å². The molecule has 0 radical (unpaired) electrons. The van der Waals surface area contributed by atoms with Crippen molar-refractivity contribution in [2.75, 3.05) is 18.4 Å². The average molecular weight is 542 g/mol. The minimum Gasteiger partial charge on any atom is -0.340 e. The highest BCUT2D eigenvalue weighted by Gasteiger charge is 2.46. The number of rotatable bonds is 5. The Morgan fingerprint density at radius 3 is 2.56 bits per heavy atom. The number of likely N-dealkylation sites (tertiary alicyclic amines) is 1. The summed E-state index contributed by atoms with van der Waals surface area (Å²) in [7, 11) is 1.76. The van der Waals surface area contributed by atoms with Gasteiger partial charge in [0.1, 0.15) is 5.69 Å². The zero-order valence-electron chi connectivity index (χ0n) is 20.7. The maximum absolute atomic E-state index is 13.3. The zero-order valence-corrected chi connectivity index (χ0v) is 21.5. The fourth-order valence-corrected chi connectivity index (χ4v) is 5.64. The van der Waals surface area contributed by atoms with Gasteiger partial charge in [0.25, 0.3) is 11.8 Å². The van der Waals surface area contributed by atoms with Gasteiger partial charge in [0.15, 0.2) is 11.6 Å². The van der Waals surface area contributed by atoms with Gasteiger partial charge in [-0.05, 0) is 41.3 Å². The van der Waals surface area contributed by atoms with Gasteiger partial charge in [0.05, 0.1) is 29.5 Å². The number of aromatic nitrogens is 5. The molecule has 0 saturated carbocycles. The number of alkyl halides is 2. The molecule has 1 aliphatic rings. The van der Waals surface area contributed by atoms with Crippen LogP contribution in [0.4, 0.5) is 20.3 Å². The Hall–Kier alpha value is -4.64. The quantitative estimate of drug-likeness (QED) is 0.276. The lowest BCUT2D eigenvalue weighted by Gasteiger charge is -2.38. The number of thiophene rings is 1. The number of fused-ring (bicyclic) bond motifs is 2. The molecule has 1 saturated heterocycles. The third-order valence-electron chi connectivity index (χ3n) is 6.94. The van der Waals surface area contributed by atoms with Crippen LogP contribution in [-0.2, 0) is 7.05 Å². The number of amides is 1. The van der Waals surface area contributed by atoms with E-state index in [9.17, 15) is 13.6 Å². The Morgan fingerprint density at radius 1 is 1.03 bits per heavy atom. The number of aromatic amines is 1. The smallest absolute Gasteiger partial charge is 0.282 e. The predicted molar refractivity (Wildman–Crippen MR) is 147 cm³/mol. The second-order valence-corrected chi connectivity index (χ2v) is 10.5. The molecule has 0 bridgehead atoms. The SMILES string of the molecule is Cn1c(C(=O)N2CC(F)(F)C2)cc2ccc(-c3nc(Nc4ccc(-c5cn[nH]c5)cc4)c4sccc4n3)cc21. The van der Waals surface area contributed by atoms with Crippen LogP contribution in [0.3, 0.4) is 0 Å². The number of nitrogens with zero attached hydrogens (tertiary/aromatic N) is 5. The van der Waals surface area contributed by atoms with Crippen molar-refractivity contribution in [3.05, 3.63) is 78.1 Å². The Bertz CT molecular complexity index is 1850. The van der Waals surface area contributed by atoms with Crippen LogP contribution < -0.4 is 5.32 Å². The first-order valence-electron chi connectivity index (χ1n) is 12.2. The fourth-order valence-electron chi connectivity index (χ4n) is 4.86. The standard InChI is InChI=1S/C28H21F2N7OS/c1-36-22-11-18(3-2-17(22)10-23(36)27(38)37-14-28(29,30)15-37)25-34-21-8-9-39-24(21)26(35-25)33-20-6-4-16(5-7-20)19-12-31-32-13-19/h2-13H,14-15H2,1H3,(H,31,32)(H,33,34,35). The van der Waals surface area contributed by atoms with Gasteiger partial charge in [0.2, 0.25) is 0 Å². The fraction of sp³-hybridized carbons (Fsp3) is 0.143. The number of carbonyl (C=O) groups is 1. The molecule has 7 rings (SSSR count). The second kappa shape index (κ2) is 8.70. The molecule has 2 aromatic carbocycles. The van der Waals surface area contributed by atoms with Crippen LogP contribution in [0.2, 0.25) is 0 Å². The van der Waals surface area contributed by atoms with E-state index in [2.05, 4.69) is 15.5 Å². The Balaban J connectivity index is 1.22. The third-order valence-corrected chi connectivity index (χ3v) is 7.85. The van der Waals surface area contributed by atoms with Crippen molar-refractivity contribution in [3.8, 4) is 22.5 Å². The molecule has 11 heteroatoms. The average Bonchev–Trinajstić information content (AvgIpc) is 3.68. The van der Waals surface area contributed by atoms with Gasteiger partial charge in [-0.15, -0.1) is 11.3 Å². The number of hydrogen-bond donors (Lipinski definition) is 2. The molecular formula is C28H21F2N7OS. The zero-order chi connectivity index (χ0) is 26.7. The number of nitrogens with one attached hydrogen (secondary N) is 2. The number of hydrogen-bond acceptors (Lipinski definition) is 6. The Labute approximate surface area is 224 Å². The van der Waals surface area contributed by atoms with Crippen molar-refractivity contribution in [1.29, 1.82) is 0 Å². The molecule has 194 valence electrons. The number of aryl methyl sites for hydroxylation is 1. The number of carbonyl (C=O) groups excluding carboxylic acids is 1. The van der Waals surface area contributed by atoms with Gasteiger partial charge in [-0.2, -0.15) is 5.10 Å². The molecule has 0 unspecified atom stereocenters. The highest BCUT2D eigenvalue weighted by molar-refractivity contribution is 7.17. The van der Waals surface area contributed by atoms with E-state index in [1.165, 1.54) is 4.90 Å². The van der Waals surface area contributed by atoms with Gasteiger partial charge >= 0.3 is 0 Å². The summed E-state index contributed by atoms with van der Waals surface area (Å²) < 4.78 is 29.3. The molecule has 4 aromatic heterocycles. The molecule has 5 heterocycles. The Morgan fingerprint density at radius 2 is 1.82 bits per heavy atom. The predicted octanol–water partition coefficient (Wildman–Crippen LogP) is 6.07. The summed E-state index contributed by atoms with van der Waals surface area (Å²) in [4.78, 5) is 23.6. The second-order valence-electron chi connectivity index (χ2n) is 9.60. The third kappa shape index (κ3) is 4.11. The highest BCUT2D eigenvalue weighted by Crippen LogP contribution is 2.34. The summed E-state index contributed by atoms with van der Waals surface area (Å²) in [5.41, 5.74) is 5.72. The number of H-pyrrole nitrogens is 1. The van der Waals surface area contributed by atoms with Crippen molar-refractivity contribution in [3.63, 3.8) is 0 Å². The van der Waals surface area contributed by atoms with E-state index < -0.39 is 24.9 Å². The van der Waals surface area contributed by atoms with Crippen molar-refractivity contribution < 1.29 is 13.6 Å². The summed E-state index contributed by atoms with van der Waals surface area (Å²) in [6.45, 7) is -1.09. The van der Waals surface area contributed by atoms with Gasteiger partial charge in [-0.25, -0.2) is 18.7 Å². The molecule has 2 N–H and O–H groups in total. The van der Waals surface area contributed by atoms with E-state index in [0.717, 1.165) is 43.5 Å². The molecule has 8 nitrogen and oxygen atoms in total. The lowest BCUT2D eigenvalue weighted by Crippen LogP contribution is -2.58. The minimum atomic E-state index is -2.81. The molecule has 1 amide bonds. The lowest BCUT2D eigenvalue weighted by molar-refractivity contribution is -0.113. The highest BCUT2D eigenvalue weighted by atomic mass is 32.1. The summed E-state index contributed by atoms with van der Waals surface area (Å²) in [5.74, 6) is -1.97. The first-order chi connectivity index (χ1) is 18.8. The van der Waals surface area contributed by atoms with Gasteiger partial charge < -0.3 is 14.8 Å². The van der Waals surface area contributed by atoms with E-state index in [1.54, 1.807) is 35.2 Å². The first-order valence-corrected chi connectivity index (χ1v) is 13.1. The van der Waals surface area contributed by atoms with E-state index in [0.29, 0.717) is 17.3 Å². The van der Waals surface area contributed by atoms with Crippen molar-refractivity contribution in [2.24, 2.45) is 7.05 Å². The molecule has 0 spiro atoms. The minimum absolute atomic E-state index is 0.369. The monoisotopic (exact) mass is 541 g/mol. The lowest BCUT2D eigenvalue weighted by atomic mass is 10.1. The van der Waals surface area contributed by atoms with Crippen LogP contribution in [0.15, 0.2) is 72.4 Å². The largest absolute Gasteiger partial charge is 0.340 e. The van der Waals surface area contributed by atoms with Crippen molar-refractivity contribution in [1.82, 2.24) is 29.6 Å². The van der Waals surface area contributed by atoms with Crippen LogP contribution >= 0.6 is 11.3 Å². The summed E-state index contributed by atoms with van der Waals surface area (Å²) in [6, 6.07) is 17.4. The van der Waals surface area contributed by atoms with Crippen LogP contribution in [0, 0.1) is 0 Å². The number of anilines is 2. The van der Waals surface area contributed by atoms with Gasteiger partial charge in [-0.1, -0.05) is 24.3 Å². The number of halogens is 2. The maximum Gasteiger partial charge on any atom is 0.282 e. The van der Waals surface area contributed by atoms with E-state index in [4.69, 9.17) is 9.97 Å². The maximum atomic E-state index is 13.3. The van der Waals surface area contributed by atoms with E-state index >= 15 is 0 Å².